The number of aromatic amines is 2. The number of imidazole rings is 1. The average Bonchev–Trinajstić information content (AvgIpc) is 1.61. The normalized spacial score (nSPS) is 14.5. The van der Waals surface area contributed by atoms with Gasteiger partial charge in [0, 0.05) is 145 Å². The predicted octanol–water partition coefficient (Wildman–Crippen LogP) is 15.9. The van der Waals surface area contributed by atoms with Gasteiger partial charge in [-0.2, -0.15) is 0 Å². The Labute approximate surface area is 679 Å². The number of anilines is 6. The lowest BCUT2D eigenvalue weighted by Gasteiger charge is -2.18. The van der Waals surface area contributed by atoms with Crippen molar-refractivity contribution in [3.8, 4) is 51.7 Å². The third kappa shape index (κ3) is 14.4. The van der Waals surface area contributed by atoms with E-state index in [2.05, 4.69) is 40.9 Å². The fraction of sp³-hybridized carbons (Fsp3) is 0.138. The van der Waals surface area contributed by atoms with E-state index in [0.717, 1.165) is 32.8 Å². The minimum absolute atomic E-state index is 0.0414. The summed E-state index contributed by atoms with van der Waals surface area (Å²) in [7, 11) is 4.70. The summed E-state index contributed by atoms with van der Waals surface area (Å²) >= 11 is 19.1. The molecule has 6 amide bonds. The van der Waals surface area contributed by atoms with Crippen molar-refractivity contribution in [3.05, 3.63) is 257 Å². The number of carbonyl (C=O) groups is 6. The first-order valence-corrected chi connectivity index (χ1v) is 38.1. The van der Waals surface area contributed by atoms with Gasteiger partial charge in [-0.05, 0) is 144 Å². The number of benzene rings is 9. The summed E-state index contributed by atoms with van der Waals surface area (Å²) < 4.78 is 18.4. The van der Waals surface area contributed by atoms with Gasteiger partial charge >= 0.3 is 0 Å². The van der Waals surface area contributed by atoms with Crippen LogP contribution in [0.4, 0.5) is 34.3 Å². The molecule has 0 saturated carbocycles. The highest BCUT2D eigenvalue weighted by molar-refractivity contribution is 6.22. The molecular weight excluding hydrogens is 1560 g/mol. The number of alkyl halides is 3. The lowest BCUT2D eigenvalue weighted by molar-refractivity contribution is 0.0976. The monoisotopic (exact) mass is 1630 g/mol. The van der Waals surface area contributed by atoms with Crippen LogP contribution in [0.2, 0.25) is 0 Å². The van der Waals surface area contributed by atoms with Crippen LogP contribution >= 0.6 is 34.8 Å². The number of H-pyrrole nitrogens is 2. The number of aromatic hydroxyl groups is 6. The van der Waals surface area contributed by atoms with Gasteiger partial charge in [-0.15, -0.1) is 34.8 Å². The molecule has 0 fully saturated rings. The van der Waals surface area contributed by atoms with Gasteiger partial charge in [-0.25, -0.2) is 15.0 Å². The smallest absolute Gasteiger partial charge is 0.278 e. The fourth-order valence-corrected chi connectivity index (χ4v) is 16.1. The Kier molecular flexibility index (Phi) is 20.7. The summed E-state index contributed by atoms with van der Waals surface area (Å²) in [5, 5.41) is 74.5. The van der Waals surface area contributed by atoms with E-state index in [1.165, 1.54) is 79.0 Å². The van der Waals surface area contributed by atoms with Crippen molar-refractivity contribution in [1.29, 1.82) is 0 Å². The number of fused-ring (bicyclic) bond motifs is 12. The molecule has 3 aliphatic rings. The number of ether oxygens (including phenoxy) is 3. The van der Waals surface area contributed by atoms with Crippen LogP contribution in [0.5, 0.6) is 51.7 Å². The number of nitrogens with zero attached hydrogens (tertiary/aromatic N) is 7. The highest BCUT2D eigenvalue weighted by Gasteiger charge is 2.40. The Morgan fingerprint density at radius 1 is 0.444 bits per heavy atom. The first-order chi connectivity index (χ1) is 56.6. The van der Waals surface area contributed by atoms with Gasteiger partial charge in [0.05, 0.1) is 67.7 Å². The van der Waals surface area contributed by atoms with E-state index in [4.69, 9.17) is 49.0 Å². The highest BCUT2D eigenvalue weighted by atomic mass is 35.5. The molecular formula is C87H69Cl3N12O15. The number of rotatable bonds is 15. The van der Waals surface area contributed by atoms with Gasteiger partial charge in [-0.3, -0.25) is 28.8 Å². The molecule has 588 valence electrons. The molecule has 0 unspecified atom stereocenters. The number of nitrogens with one attached hydrogen (secondary N) is 5. The molecule has 0 saturated heterocycles. The van der Waals surface area contributed by atoms with Crippen LogP contribution in [0.1, 0.15) is 97.0 Å². The number of pyridine rings is 3. The van der Waals surface area contributed by atoms with Gasteiger partial charge in [0.1, 0.15) is 85.9 Å². The fourth-order valence-electron chi connectivity index (χ4n) is 15.4. The summed E-state index contributed by atoms with van der Waals surface area (Å²) in [6.07, 6.45) is 6.31. The number of carbonyl (C=O) groups excluding carboxylic acids is 6. The zero-order valence-electron chi connectivity index (χ0n) is 62.2. The summed E-state index contributed by atoms with van der Waals surface area (Å²) in [5.74, 6) is 0.829. The van der Waals surface area contributed by atoms with Gasteiger partial charge in [0.25, 0.3) is 35.4 Å². The van der Waals surface area contributed by atoms with Crippen molar-refractivity contribution >= 4 is 164 Å². The zero-order chi connectivity index (χ0) is 81.8. The summed E-state index contributed by atoms with van der Waals surface area (Å²) in [4.78, 5) is 103. The second kappa shape index (κ2) is 31.6. The van der Waals surface area contributed by atoms with Crippen LogP contribution in [-0.4, -0.2) is 154 Å². The minimum Gasteiger partial charge on any atom is -0.508 e. The molecule has 18 rings (SSSR count). The Balaban J connectivity index is 0.000000131. The third-order valence-corrected chi connectivity index (χ3v) is 22.0. The quantitative estimate of drug-likeness (QED) is 0.0425. The maximum Gasteiger partial charge on any atom is 0.278 e. The molecule has 9 heterocycles. The predicted molar refractivity (Wildman–Crippen MR) is 447 cm³/mol. The molecule has 9 aromatic carbocycles. The highest BCUT2D eigenvalue weighted by Crippen LogP contribution is 2.52. The van der Waals surface area contributed by atoms with Crippen LogP contribution in [0, 0.1) is 0 Å². The molecule has 0 spiro atoms. The van der Waals surface area contributed by atoms with Crippen LogP contribution in [0.15, 0.2) is 207 Å². The van der Waals surface area contributed by atoms with Gasteiger partial charge in [-0.1, -0.05) is 36.4 Å². The minimum atomic E-state index is -0.378. The first kappa shape index (κ1) is 76.7. The van der Waals surface area contributed by atoms with Crippen LogP contribution in [-0.2, 0) is 0 Å². The van der Waals surface area contributed by atoms with Crippen molar-refractivity contribution in [2.45, 2.75) is 17.8 Å². The van der Waals surface area contributed by atoms with E-state index in [9.17, 15) is 59.4 Å². The Morgan fingerprint density at radius 3 is 1.31 bits per heavy atom. The van der Waals surface area contributed by atoms with Crippen molar-refractivity contribution < 1.29 is 73.6 Å². The Morgan fingerprint density at radius 2 is 0.863 bits per heavy atom. The van der Waals surface area contributed by atoms with Crippen LogP contribution < -0.4 is 44.9 Å². The van der Waals surface area contributed by atoms with E-state index in [0.29, 0.717) is 143 Å². The summed E-state index contributed by atoms with van der Waals surface area (Å²) in [6, 6.07) is 49.0. The van der Waals surface area contributed by atoms with Crippen LogP contribution in [0.3, 0.4) is 0 Å². The number of methoxy groups -OCH3 is 3. The van der Waals surface area contributed by atoms with Crippen molar-refractivity contribution in [3.63, 3.8) is 0 Å². The van der Waals surface area contributed by atoms with Crippen molar-refractivity contribution in [2.75, 3.05) is 89.3 Å². The Bertz CT molecular complexity index is 5920. The molecule has 0 bridgehead atoms. The molecule has 6 aromatic heterocycles. The molecule has 3 aliphatic heterocycles. The maximum atomic E-state index is 13.7. The number of aromatic nitrogens is 6. The summed E-state index contributed by atoms with van der Waals surface area (Å²) in [6.45, 7) is 1.01. The van der Waals surface area contributed by atoms with E-state index in [-0.39, 0.29) is 111 Å². The second-order valence-electron chi connectivity index (χ2n) is 27.9. The number of amides is 6. The summed E-state index contributed by atoms with van der Waals surface area (Å²) in [5.41, 5.74) is 8.88. The third-order valence-electron chi connectivity index (χ3n) is 20.9. The number of hydrogen-bond acceptors (Lipinski definition) is 18. The standard InChI is InChI=1S/3C29H23ClN4O5/c1-39-24-4-2-3-20-23(36)11-22-26(27(20)24)17(12-30)13-34(22)29(38)21-15-33-14-18(7-10-25(33)32-21)31-28(37)16-5-8-19(35)9-6-16;1-39-24-4-2-3-20-23(36)11-22-25(26(20)24)17(12-30)14-34(22)29(38)21-10-16-9-18(13-31-27(16)33-21)32-28(37)15-5-7-19(35)8-6-15;1-39-24-4-2-3-19-23(36)11-22-26(27(19)24)17(12-30)14-34(22)29(38)20-9-16-10-25(31-13-21(16)32-20)33-28(37)15-5-7-18(35)8-6-15/h2-11,14-15,17,35-36H,12-13H2,1H3,(H,31,37);2-11,13,17,35-36H,12,14H2,1H3,(H,31,33)(H,32,37);2-11,13,17,32,35-36H,12,14H2,1H3,(H,31,33,37)/t3*17-/m111/s1. The Hall–Kier alpha value is -14.3. The van der Waals surface area contributed by atoms with Crippen LogP contribution in [0.25, 0.3) is 59.9 Å². The maximum absolute atomic E-state index is 13.7. The second-order valence-corrected chi connectivity index (χ2v) is 28.9. The number of hydrogen-bond donors (Lipinski definition) is 11. The SMILES string of the molecule is COc1cccc2c(O)cc3c(c12)[C@H](CCl)CN3C(=O)c1cc2cc(NC(=O)c3ccc(O)cc3)cnc2[nH]1.COc1cccc2c(O)cc3c(c12)[C@H](CCl)CN3C(=O)c1cc2cc(NC(=O)c3ccc(O)cc3)ncc2[nH]1.COc1cccc2c(O)cc3c(c12)[C@H](CCl)CN3C(=O)c1cn2cc(NC(=O)c3ccc(O)cc3)ccc2n1. The molecule has 0 radical (unpaired) electrons. The van der Waals surface area contributed by atoms with E-state index in [1.54, 1.807) is 132 Å². The van der Waals surface area contributed by atoms with Gasteiger partial charge in [0.15, 0.2) is 0 Å². The molecule has 0 aliphatic carbocycles. The molecule has 30 heteroatoms. The average molecular weight is 1630 g/mol. The van der Waals surface area contributed by atoms with Crippen molar-refractivity contribution in [1.82, 2.24) is 29.3 Å². The van der Waals surface area contributed by atoms with E-state index in [1.807, 2.05) is 36.4 Å². The number of phenols is 6. The largest absolute Gasteiger partial charge is 0.508 e. The topological polar surface area (TPSA) is 372 Å². The molecule has 27 nitrogen and oxygen atoms in total. The zero-order valence-corrected chi connectivity index (χ0v) is 64.5. The van der Waals surface area contributed by atoms with Gasteiger partial charge < -0.3 is 89.9 Å². The molecule has 15 aromatic rings. The first-order valence-electron chi connectivity index (χ1n) is 36.5. The van der Waals surface area contributed by atoms with Crippen molar-refractivity contribution in [2.24, 2.45) is 0 Å². The van der Waals surface area contributed by atoms with Gasteiger partial charge in [0.2, 0.25) is 0 Å². The van der Waals surface area contributed by atoms with E-state index >= 15 is 0 Å². The molecule has 3 atom stereocenters. The molecule has 117 heavy (non-hydrogen) atoms. The number of phenolic OH excluding ortho intramolecular Hbond substituents is 6. The lowest BCUT2D eigenvalue weighted by atomic mass is 9.94. The molecule has 11 N–H and O–H groups in total. The number of halogens is 3. The van der Waals surface area contributed by atoms with E-state index < -0.39 is 0 Å². The lowest BCUT2D eigenvalue weighted by Crippen LogP contribution is -2.30.